The van der Waals surface area contributed by atoms with Crippen molar-refractivity contribution in [2.75, 3.05) is 6.61 Å². The molecular weight excluding hydrogens is 264 g/mol. The highest BCUT2D eigenvalue weighted by atomic mass is 32.2. The molecule has 0 spiro atoms. The van der Waals surface area contributed by atoms with Gasteiger partial charge in [0.1, 0.15) is 17.2 Å². The molecule has 1 aromatic heterocycles. The molecule has 1 fully saturated rings. The maximum atomic E-state index is 10.9. The van der Waals surface area contributed by atoms with E-state index in [2.05, 4.69) is 4.98 Å². The fourth-order valence-corrected chi connectivity index (χ4v) is 3.56. The number of carbonyl (C=O) groups is 1. The van der Waals surface area contributed by atoms with Gasteiger partial charge < -0.3 is 20.7 Å². The fraction of sp³-hybridized carbons (Fsp3) is 0.556. The van der Waals surface area contributed by atoms with Gasteiger partial charge in [0, 0.05) is 11.8 Å². The van der Waals surface area contributed by atoms with Crippen molar-refractivity contribution < 1.29 is 19.7 Å². The highest BCUT2D eigenvalue weighted by Gasteiger charge is 2.34. The summed E-state index contributed by atoms with van der Waals surface area (Å²) in [5.41, 5.74) is 5.07. The Kier molecular flexibility index (Phi) is 4.00. The fourth-order valence-electron chi connectivity index (χ4n) is 1.47. The number of thioether (sulfide) groups is 1. The number of amides is 1. The van der Waals surface area contributed by atoms with Gasteiger partial charge >= 0.3 is 0 Å². The van der Waals surface area contributed by atoms with Gasteiger partial charge in [-0.3, -0.25) is 4.79 Å². The number of hydrogen-bond donors (Lipinski definition) is 3. The Labute approximate surface area is 106 Å². The second kappa shape index (κ2) is 5.32. The number of thiazole rings is 1. The van der Waals surface area contributed by atoms with Crippen LogP contribution in [0.25, 0.3) is 0 Å². The molecule has 0 unspecified atom stereocenters. The minimum absolute atomic E-state index is 0.206. The van der Waals surface area contributed by atoms with Crippen LogP contribution in [0.15, 0.2) is 9.72 Å². The monoisotopic (exact) mass is 276 g/mol. The molecule has 0 aliphatic carbocycles. The second-order valence-corrected chi connectivity index (χ2v) is 5.84. The molecular formula is C9H12N2O4S2. The third kappa shape index (κ3) is 2.96. The van der Waals surface area contributed by atoms with E-state index in [4.69, 9.17) is 15.6 Å². The summed E-state index contributed by atoms with van der Waals surface area (Å²) < 4.78 is 6.07. The molecule has 8 heteroatoms. The van der Waals surface area contributed by atoms with E-state index in [9.17, 15) is 9.90 Å². The second-order valence-electron chi connectivity index (χ2n) is 3.57. The summed E-state index contributed by atoms with van der Waals surface area (Å²) in [6, 6.07) is 0. The lowest BCUT2D eigenvalue weighted by Crippen LogP contribution is -2.24. The largest absolute Gasteiger partial charge is 0.394 e. The molecule has 2 heterocycles. The van der Waals surface area contributed by atoms with Gasteiger partial charge in [-0.25, -0.2) is 4.98 Å². The van der Waals surface area contributed by atoms with Crippen molar-refractivity contribution >= 4 is 29.0 Å². The number of nitrogens with zero attached hydrogens (tertiary/aromatic N) is 1. The molecule has 1 saturated heterocycles. The molecule has 1 aromatic rings. The van der Waals surface area contributed by atoms with Crippen molar-refractivity contribution in [3.8, 4) is 0 Å². The van der Waals surface area contributed by atoms with Gasteiger partial charge in [0.05, 0.1) is 12.7 Å². The molecule has 0 aromatic carbocycles. The third-order valence-electron chi connectivity index (χ3n) is 2.34. The Morgan fingerprint density at radius 3 is 3.06 bits per heavy atom. The summed E-state index contributed by atoms with van der Waals surface area (Å²) >= 11 is 2.62. The van der Waals surface area contributed by atoms with Crippen molar-refractivity contribution in [3.63, 3.8) is 0 Å². The lowest BCUT2D eigenvalue weighted by Gasteiger charge is -2.10. The number of aliphatic hydroxyl groups is 2. The zero-order chi connectivity index (χ0) is 12.4. The van der Waals surface area contributed by atoms with Crippen LogP contribution in [0.4, 0.5) is 0 Å². The van der Waals surface area contributed by atoms with Gasteiger partial charge in [-0.15, -0.1) is 11.3 Å². The lowest BCUT2D eigenvalue weighted by molar-refractivity contribution is -0.00249. The Morgan fingerprint density at radius 1 is 1.76 bits per heavy atom. The molecule has 2 rings (SSSR count). The predicted octanol–water partition coefficient (Wildman–Crippen LogP) is -0.198. The molecule has 1 aliphatic heterocycles. The van der Waals surface area contributed by atoms with Crippen LogP contribution in [-0.4, -0.2) is 45.4 Å². The minimum Gasteiger partial charge on any atom is -0.394 e. The van der Waals surface area contributed by atoms with Crippen LogP contribution in [0.5, 0.6) is 0 Å². The summed E-state index contributed by atoms with van der Waals surface area (Å²) in [6.07, 6.45) is -0.766. The van der Waals surface area contributed by atoms with Crippen molar-refractivity contribution in [1.29, 1.82) is 0 Å². The summed E-state index contributed by atoms with van der Waals surface area (Å²) in [5.74, 6) is -0.561. The van der Waals surface area contributed by atoms with E-state index < -0.39 is 18.1 Å². The summed E-state index contributed by atoms with van der Waals surface area (Å²) in [4.78, 5) is 14.9. The van der Waals surface area contributed by atoms with E-state index >= 15 is 0 Å². The Balaban J connectivity index is 1.95. The molecule has 1 aliphatic rings. The van der Waals surface area contributed by atoms with Gasteiger partial charge in [0.15, 0.2) is 4.34 Å². The van der Waals surface area contributed by atoms with E-state index in [-0.39, 0.29) is 17.7 Å². The quantitative estimate of drug-likeness (QED) is 0.703. The number of hydrogen-bond acceptors (Lipinski definition) is 7. The molecule has 4 N–H and O–H groups in total. The van der Waals surface area contributed by atoms with Gasteiger partial charge in [-0.2, -0.15) is 0 Å². The van der Waals surface area contributed by atoms with Gasteiger partial charge in [-0.05, 0) is 0 Å². The summed E-state index contributed by atoms with van der Waals surface area (Å²) in [7, 11) is 0. The summed E-state index contributed by atoms with van der Waals surface area (Å²) in [5, 5.41) is 20.1. The maximum absolute atomic E-state index is 10.9. The van der Waals surface area contributed by atoms with E-state index in [1.807, 2.05) is 0 Å². The molecule has 0 radical (unpaired) electrons. The molecule has 3 atom stereocenters. The average Bonchev–Trinajstić information content (AvgIpc) is 2.86. The highest BCUT2D eigenvalue weighted by molar-refractivity contribution is 8.01. The van der Waals surface area contributed by atoms with E-state index in [0.29, 0.717) is 10.8 Å². The number of aliphatic hydroxyl groups excluding tert-OH is 2. The van der Waals surface area contributed by atoms with Crippen LogP contribution >= 0.6 is 23.1 Å². The maximum Gasteiger partial charge on any atom is 0.268 e. The third-order valence-corrected chi connectivity index (χ3v) is 4.41. The van der Waals surface area contributed by atoms with Crippen LogP contribution in [0, 0.1) is 0 Å². The molecule has 0 bridgehead atoms. The van der Waals surface area contributed by atoms with Crippen molar-refractivity contribution in [2.24, 2.45) is 5.73 Å². The highest BCUT2D eigenvalue weighted by Crippen LogP contribution is 2.35. The van der Waals surface area contributed by atoms with Gasteiger partial charge in [0.2, 0.25) is 0 Å². The lowest BCUT2D eigenvalue weighted by atomic mass is 10.2. The Bertz CT molecular complexity index is 411. The number of aromatic nitrogens is 1. The van der Waals surface area contributed by atoms with Gasteiger partial charge in [-0.1, -0.05) is 11.8 Å². The molecule has 17 heavy (non-hydrogen) atoms. The zero-order valence-corrected chi connectivity index (χ0v) is 10.4. The normalized spacial score (nSPS) is 28.5. The molecule has 6 nitrogen and oxygen atoms in total. The standard InChI is InChI=1S/C9H12N2O4S2/c10-8(14)4-3-16-9(11-4)17-7-1-5(13)6(2-12)15-7/h3,5-7,12-13H,1-2H2,(H2,10,14)/t5-,6+,7-/m0/s1. The first-order valence-electron chi connectivity index (χ1n) is 4.96. The van der Waals surface area contributed by atoms with Crippen LogP contribution in [0.2, 0.25) is 0 Å². The summed E-state index contributed by atoms with van der Waals surface area (Å²) in [6.45, 7) is -0.206. The number of ether oxygens (including phenoxy) is 1. The van der Waals surface area contributed by atoms with Gasteiger partial charge in [0.25, 0.3) is 5.91 Å². The minimum atomic E-state index is -0.659. The molecule has 0 saturated carbocycles. The molecule has 1 amide bonds. The number of carbonyl (C=O) groups excluding carboxylic acids is 1. The van der Waals surface area contributed by atoms with Crippen molar-refractivity contribution in [2.45, 2.75) is 28.4 Å². The first-order valence-corrected chi connectivity index (χ1v) is 6.72. The van der Waals surface area contributed by atoms with E-state index in [1.54, 1.807) is 5.38 Å². The van der Waals surface area contributed by atoms with Crippen LogP contribution in [0.1, 0.15) is 16.9 Å². The molecule has 94 valence electrons. The van der Waals surface area contributed by atoms with Crippen LogP contribution < -0.4 is 5.73 Å². The van der Waals surface area contributed by atoms with Crippen LogP contribution in [-0.2, 0) is 4.74 Å². The van der Waals surface area contributed by atoms with E-state index in [1.165, 1.54) is 23.1 Å². The smallest absolute Gasteiger partial charge is 0.268 e. The number of rotatable bonds is 4. The van der Waals surface area contributed by atoms with Crippen molar-refractivity contribution in [1.82, 2.24) is 4.98 Å². The number of nitrogens with two attached hydrogens (primary N) is 1. The van der Waals surface area contributed by atoms with E-state index in [0.717, 1.165) is 0 Å². The first-order chi connectivity index (χ1) is 8.10. The topological polar surface area (TPSA) is 106 Å². The first kappa shape index (κ1) is 12.8. The predicted molar refractivity (Wildman–Crippen MR) is 62.9 cm³/mol. The van der Waals surface area contributed by atoms with Crippen molar-refractivity contribution in [3.05, 3.63) is 11.1 Å². The zero-order valence-electron chi connectivity index (χ0n) is 8.78. The Morgan fingerprint density at radius 2 is 2.53 bits per heavy atom. The average molecular weight is 276 g/mol. The Hall–Kier alpha value is -0.670. The number of primary amides is 1. The van der Waals surface area contributed by atoms with Crippen LogP contribution in [0.3, 0.4) is 0 Å². The SMILES string of the molecule is NC(=O)c1csc(S[C@H]2C[C@H](O)[C@@H](CO)O2)n1.